The third kappa shape index (κ3) is 3.82. The number of fused-ring (bicyclic) bond motifs is 1. The van der Waals surface area contributed by atoms with Gasteiger partial charge in [0.2, 0.25) is 0 Å². The van der Waals surface area contributed by atoms with Crippen LogP contribution in [-0.2, 0) is 0 Å². The molecule has 3 nitrogen and oxygen atoms in total. The maximum atomic E-state index is 13.7. The molecule has 1 fully saturated rings. The molecule has 0 aromatic heterocycles. The van der Waals surface area contributed by atoms with Crippen molar-refractivity contribution in [1.82, 2.24) is 4.90 Å². The van der Waals surface area contributed by atoms with Crippen molar-refractivity contribution in [2.24, 2.45) is 0 Å². The number of likely N-dealkylation sites (tertiary alicyclic amines) is 1. The molecular formula is C22H24BrNO2S. The average Bonchev–Trinajstić information content (AvgIpc) is 3.15. The zero-order valence-corrected chi connectivity index (χ0v) is 18.2. The zero-order chi connectivity index (χ0) is 19.0. The smallest absolute Gasteiger partial charge is 0.187 e. The monoisotopic (exact) mass is 445 g/mol. The van der Waals surface area contributed by atoms with Crippen LogP contribution in [0.1, 0.15) is 34.3 Å². The molecular weight excluding hydrogens is 422 g/mol. The summed E-state index contributed by atoms with van der Waals surface area (Å²) in [7, 11) is 0. The first-order chi connectivity index (χ1) is 13.0. The molecule has 2 aliphatic rings. The van der Waals surface area contributed by atoms with Crippen LogP contribution >= 0.6 is 27.7 Å². The van der Waals surface area contributed by atoms with Gasteiger partial charge in [-0.05, 0) is 69.6 Å². The largest absolute Gasteiger partial charge is 0.491 e. The van der Waals surface area contributed by atoms with Gasteiger partial charge in [0.1, 0.15) is 17.1 Å². The predicted octanol–water partition coefficient (Wildman–Crippen LogP) is 5.27. The van der Waals surface area contributed by atoms with E-state index in [9.17, 15) is 4.79 Å². The summed E-state index contributed by atoms with van der Waals surface area (Å²) in [5.41, 5.74) is 3.00. The highest BCUT2D eigenvalue weighted by atomic mass is 79.9. The number of rotatable bonds is 4. The summed E-state index contributed by atoms with van der Waals surface area (Å²) in [4.78, 5) is 17.2. The molecule has 1 atom stereocenters. The van der Waals surface area contributed by atoms with Gasteiger partial charge in [-0.25, -0.2) is 0 Å². The van der Waals surface area contributed by atoms with Crippen LogP contribution in [0.4, 0.5) is 0 Å². The molecule has 0 bridgehead atoms. The van der Waals surface area contributed by atoms with E-state index in [0.29, 0.717) is 17.9 Å². The second-order valence-electron chi connectivity index (χ2n) is 7.61. The van der Waals surface area contributed by atoms with E-state index < -0.39 is 4.75 Å². The zero-order valence-electron chi connectivity index (χ0n) is 15.8. The number of ether oxygens (including phenoxy) is 1. The van der Waals surface area contributed by atoms with Crippen LogP contribution in [0, 0.1) is 13.8 Å². The minimum Gasteiger partial charge on any atom is -0.491 e. The second kappa shape index (κ2) is 7.61. The fourth-order valence-corrected chi connectivity index (χ4v) is 5.45. The third-order valence-corrected chi connectivity index (χ3v) is 7.58. The summed E-state index contributed by atoms with van der Waals surface area (Å²) in [6, 6.07) is 12.3. The molecule has 0 radical (unpaired) electrons. The topological polar surface area (TPSA) is 29.5 Å². The fraction of sp³-hybridized carbons (Fsp3) is 0.409. The lowest BCUT2D eigenvalue weighted by Gasteiger charge is -2.38. The van der Waals surface area contributed by atoms with Gasteiger partial charge < -0.3 is 9.64 Å². The van der Waals surface area contributed by atoms with Crippen molar-refractivity contribution in [2.45, 2.75) is 36.3 Å². The Bertz CT molecular complexity index is 861. The number of hydrogen-bond donors (Lipinski definition) is 0. The maximum Gasteiger partial charge on any atom is 0.187 e. The molecule has 1 saturated heterocycles. The van der Waals surface area contributed by atoms with Crippen LogP contribution < -0.4 is 4.74 Å². The van der Waals surface area contributed by atoms with Gasteiger partial charge in [-0.2, -0.15) is 0 Å². The molecule has 0 N–H and O–H groups in total. The SMILES string of the molecule is Cc1ccc(S[C@]2(CN3CCCC3)COc3cc(C)c(Br)cc3C2=O)cc1. The van der Waals surface area contributed by atoms with Crippen LogP contribution in [0.25, 0.3) is 0 Å². The van der Waals surface area contributed by atoms with E-state index in [-0.39, 0.29) is 5.78 Å². The van der Waals surface area contributed by atoms with Crippen molar-refractivity contribution in [2.75, 3.05) is 26.2 Å². The number of halogens is 1. The Labute approximate surface area is 173 Å². The maximum absolute atomic E-state index is 13.7. The van der Waals surface area contributed by atoms with Gasteiger partial charge in [0.15, 0.2) is 5.78 Å². The molecule has 0 amide bonds. The van der Waals surface area contributed by atoms with E-state index in [1.807, 2.05) is 19.1 Å². The first-order valence-corrected chi connectivity index (χ1v) is 11.0. The minimum absolute atomic E-state index is 0.182. The Morgan fingerprint density at radius 1 is 1.15 bits per heavy atom. The predicted molar refractivity (Wildman–Crippen MR) is 114 cm³/mol. The van der Waals surface area contributed by atoms with Crippen molar-refractivity contribution in [3.8, 4) is 5.75 Å². The van der Waals surface area contributed by atoms with Crippen LogP contribution in [-0.4, -0.2) is 41.7 Å². The molecule has 0 spiro atoms. The van der Waals surface area contributed by atoms with Gasteiger partial charge in [0.05, 0.1) is 5.56 Å². The summed E-state index contributed by atoms with van der Waals surface area (Å²) in [5.74, 6) is 0.893. The summed E-state index contributed by atoms with van der Waals surface area (Å²) >= 11 is 5.24. The highest BCUT2D eigenvalue weighted by Crippen LogP contribution is 2.43. The molecule has 4 rings (SSSR count). The number of carbonyl (C=O) groups excluding carboxylic acids is 1. The number of aryl methyl sites for hydroxylation is 2. The third-order valence-electron chi connectivity index (χ3n) is 5.39. The molecule has 0 unspecified atom stereocenters. The van der Waals surface area contributed by atoms with Crippen molar-refractivity contribution in [1.29, 1.82) is 0 Å². The Morgan fingerprint density at radius 3 is 2.56 bits per heavy atom. The molecule has 2 aliphatic heterocycles. The van der Waals surface area contributed by atoms with Crippen molar-refractivity contribution in [3.63, 3.8) is 0 Å². The van der Waals surface area contributed by atoms with Crippen LogP contribution in [0.3, 0.4) is 0 Å². The number of nitrogens with zero attached hydrogens (tertiary/aromatic N) is 1. The lowest BCUT2D eigenvalue weighted by Crippen LogP contribution is -2.52. The Hall–Kier alpha value is -1.30. The number of benzene rings is 2. The highest BCUT2D eigenvalue weighted by Gasteiger charge is 2.47. The standard InChI is InChI=1S/C22H24BrNO2S/c1-15-5-7-17(8-6-15)27-22(13-24-9-3-4-10-24)14-26-20-11-16(2)19(23)12-18(20)21(22)25/h5-8,11-12H,3-4,9-10,13-14H2,1-2H3/t22-/m1/s1. The molecule has 0 saturated carbocycles. The number of thioether (sulfide) groups is 1. The lowest BCUT2D eigenvalue weighted by atomic mass is 9.92. The van der Waals surface area contributed by atoms with Crippen LogP contribution in [0.15, 0.2) is 45.8 Å². The van der Waals surface area contributed by atoms with Crippen molar-refractivity contribution < 1.29 is 9.53 Å². The van der Waals surface area contributed by atoms with E-state index >= 15 is 0 Å². The fourth-order valence-electron chi connectivity index (χ4n) is 3.82. The van der Waals surface area contributed by atoms with E-state index in [0.717, 1.165) is 34.6 Å². The quantitative estimate of drug-likeness (QED) is 0.640. The van der Waals surface area contributed by atoms with Crippen LogP contribution in [0.2, 0.25) is 0 Å². The van der Waals surface area contributed by atoms with Gasteiger partial charge in [-0.15, -0.1) is 11.8 Å². The van der Waals surface area contributed by atoms with Crippen molar-refractivity contribution in [3.05, 3.63) is 57.6 Å². The molecule has 27 heavy (non-hydrogen) atoms. The van der Waals surface area contributed by atoms with E-state index in [1.54, 1.807) is 11.8 Å². The van der Waals surface area contributed by atoms with Crippen molar-refractivity contribution >= 4 is 33.5 Å². The molecule has 0 aliphatic carbocycles. The number of hydrogen-bond acceptors (Lipinski definition) is 4. The van der Waals surface area contributed by atoms with Gasteiger partial charge in [0.25, 0.3) is 0 Å². The molecule has 2 aromatic carbocycles. The molecule has 2 aromatic rings. The molecule has 2 heterocycles. The average molecular weight is 446 g/mol. The summed E-state index contributed by atoms with van der Waals surface area (Å²) < 4.78 is 6.51. The van der Waals surface area contributed by atoms with E-state index in [4.69, 9.17) is 4.74 Å². The number of ketones is 1. The first-order valence-electron chi connectivity index (χ1n) is 9.43. The van der Waals surface area contributed by atoms with E-state index in [1.165, 1.54) is 18.4 Å². The van der Waals surface area contributed by atoms with Gasteiger partial charge >= 0.3 is 0 Å². The van der Waals surface area contributed by atoms with E-state index in [2.05, 4.69) is 52.0 Å². The van der Waals surface area contributed by atoms with Gasteiger partial charge in [-0.1, -0.05) is 33.6 Å². The molecule has 142 valence electrons. The summed E-state index contributed by atoms with van der Waals surface area (Å²) in [6.45, 7) is 7.37. The van der Waals surface area contributed by atoms with Gasteiger partial charge in [0, 0.05) is 15.9 Å². The first kappa shape index (κ1) is 19.0. The lowest BCUT2D eigenvalue weighted by molar-refractivity contribution is 0.0832. The molecule has 5 heteroatoms. The highest BCUT2D eigenvalue weighted by molar-refractivity contribution is 9.10. The Kier molecular flexibility index (Phi) is 5.36. The Morgan fingerprint density at radius 2 is 1.85 bits per heavy atom. The summed E-state index contributed by atoms with van der Waals surface area (Å²) in [6.07, 6.45) is 2.42. The number of carbonyl (C=O) groups is 1. The number of Topliss-reactive ketones (excluding diaryl/α,β-unsaturated/α-hetero) is 1. The summed E-state index contributed by atoms with van der Waals surface area (Å²) in [5, 5.41) is 0. The second-order valence-corrected chi connectivity index (χ2v) is 9.92. The van der Waals surface area contributed by atoms with Gasteiger partial charge in [-0.3, -0.25) is 4.79 Å². The minimum atomic E-state index is -0.610. The van der Waals surface area contributed by atoms with Crippen LogP contribution in [0.5, 0.6) is 5.75 Å². The Balaban J connectivity index is 1.71. The normalized spacial score (nSPS) is 22.6.